The van der Waals surface area contributed by atoms with Crippen LogP contribution < -0.4 is 10.0 Å². The van der Waals surface area contributed by atoms with Crippen LogP contribution in [0.2, 0.25) is 0 Å². The lowest BCUT2D eigenvalue weighted by atomic mass is 10.2. The largest absolute Gasteiger partial charge is 0.320 e. The Kier molecular flexibility index (Phi) is 6.80. The van der Waals surface area contributed by atoms with Crippen molar-refractivity contribution in [3.05, 3.63) is 22.4 Å². The summed E-state index contributed by atoms with van der Waals surface area (Å²) in [6.45, 7) is 1.78. The molecule has 7 heteroatoms. The maximum Gasteiger partial charge on any atom is 0.279 e. The molecule has 5 nitrogen and oxygen atoms in total. The number of nitrogens with zero attached hydrogens (tertiary/aromatic N) is 1. The van der Waals surface area contributed by atoms with Gasteiger partial charge in [-0.3, -0.25) is 0 Å². The molecule has 0 aromatic carbocycles. The Balaban J connectivity index is 2.30. The number of nitrogens with one attached hydrogen (secondary N) is 2. The zero-order chi connectivity index (χ0) is 13.4. The zero-order valence-electron chi connectivity index (χ0n) is 10.8. The van der Waals surface area contributed by atoms with E-state index < -0.39 is 10.2 Å². The normalized spacial score (nSPS) is 12.2. The summed E-state index contributed by atoms with van der Waals surface area (Å²) in [5.74, 6) is 0. The molecule has 0 bridgehead atoms. The molecule has 104 valence electrons. The van der Waals surface area contributed by atoms with Crippen molar-refractivity contribution in [3.8, 4) is 0 Å². The van der Waals surface area contributed by atoms with Crippen molar-refractivity contribution in [1.29, 1.82) is 0 Å². The molecule has 0 aliphatic carbocycles. The molecule has 0 atom stereocenters. The van der Waals surface area contributed by atoms with E-state index in [1.165, 1.54) is 9.87 Å². The monoisotopic (exact) mass is 291 g/mol. The standard InChI is InChI=1S/C11H21N3O2S2/c1-12-6-3-8-14(2)18(15,16)13-7-4-11-5-9-17-10-11/h5,9-10,12-13H,3-4,6-8H2,1-2H3. The van der Waals surface area contributed by atoms with Crippen LogP contribution >= 0.6 is 11.3 Å². The number of hydrogen-bond donors (Lipinski definition) is 2. The highest BCUT2D eigenvalue weighted by atomic mass is 32.2. The van der Waals surface area contributed by atoms with Gasteiger partial charge in [0.15, 0.2) is 0 Å². The highest BCUT2D eigenvalue weighted by molar-refractivity contribution is 7.87. The van der Waals surface area contributed by atoms with Gasteiger partial charge in [-0.25, -0.2) is 4.72 Å². The van der Waals surface area contributed by atoms with Crippen LogP contribution in [-0.4, -0.2) is 46.5 Å². The molecule has 1 rings (SSSR count). The van der Waals surface area contributed by atoms with E-state index in [0.29, 0.717) is 13.1 Å². The molecule has 2 N–H and O–H groups in total. The third-order valence-electron chi connectivity index (χ3n) is 2.59. The van der Waals surface area contributed by atoms with Crippen LogP contribution in [0.3, 0.4) is 0 Å². The molecule has 0 fully saturated rings. The average molecular weight is 291 g/mol. The van der Waals surface area contributed by atoms with E-state index in [4.69, 9.17) is 0 Å². The van der Waals surface area contributed by atoms with Crippen LogP contribution in [0.1, 0.15) is 12.0 Å². The van der Waals surface area contributed by atoms with Gasteiger partial charge >= 0.3 is 0 Å². The fourth-order valence-corrected chi connectivity index (χ4v) is 3.12. The number of rotatable bonds is 9. The smallest absolute Gasteiger partial charge is 0.279 e. The topological polar surface area (TPSA) is 61.4 Å². The van der Waals surface area contributed by atoms with Crippen LogP contribution in [0.25, 0.3) is 0 Å². The SMILES string of the molecule is CNCCCN(C)S(=O)(=O)NCCc1ccsc1. The summed E-state index contributed by atoms with van der Waals surface area (Å²) in [7, 11) is 0.120. The Morgan fingerprint density at radius 3 is 2.78 bits per heavy atom. The minimum Gasteiger partial charge on any atom is -0.320 e. The molecule has 1 aromatic heterocycles. The summed E-state index contributed by atoms with van der Waals surface area (Å²) in [5, 5.41) is 7.02. The van der Waals surface area contributed by atoms with Gasteiger partial charge < -0.3 is 5.32 Å². The van der Waals surface area contributed by atoms with E-state index in [2.05, 4.69) is 10.0 Å². The van der Waals surface area contributed by atoms with Gasteiger partial charge in [-0.1, -0.05) is 0 Å². The maximum absolute atomic E-state index is 11.9. The van der Waals surface area contributed by atoms with Gasteiger partial charge in [0, 0.05) is 20.1 Å². The van der Waals surface area contributed by atoms with E-state index in [-0.39, 0.29) is 0 Å². The van der Waals surface area contributed by atoms with Crippen LogP contribution in [0.15, 0.2) is 16.8 Å². The predicted molar refractivity (Wildman–Crippen MR) is 76.1 cm³/mol. The first-order valence-corrected chi connectivity index (χ1v) is 8.31. The van der Waals surface area contributed by atoms with E-state index in [0.717, 1.165) is 19.4 Å². The van der Waals surface area contributed by atoms with Crippen LogP contribution in [0.4, 0.5) is 0 Å². The molecule has 0 radical (unpaired) electrons. The van der Waals surface area contributed by atoms with Gasteiger partial charge in [0.25, 0.3) is 10.2 Å². The molecule has 0 amide bonds. The number of hydrogen-bond acceptors (Lipinski definition) is 4. The molecule has 0 spiro atoms. The summed E-state index contributed by atoms with van der Waals surface area (Å²) in [5.41, 5.74) is 1.17. The van der Waals surface area contributed by atoms with Crippen molar-refractivity contribution >= 4 is 21.5 Å². The average Bonchev–Trinajstić information content (AvgIpc) is 2.82. The Bertz CT molecular complexity index is 418. The quantitative estimate of drug-likeness (QED) is 0.657. The molecule has 0 aliphatic rings. The van der Waals surface area contributed by atoms with Gasteiger partial charge in [-0.05, 0) is 48.8 Å². The zero-order valence-corrected chi connectivity index (χ0v) is 12.5. The number of thiophene rings is 1. The van der Waals surface area contributed by atoms with Crippen LogP contribution in [0, 0.1) is 0 Å². The first kappa shape index (κ1) is 15.6. The van der Waals surface area contributed by atoms with Crippen molar-refractivity contribution in [2.75, 3.05) is 33.7 Å². The molecule has 0 aliphatic heterocycles. The highest BCUT2D eigenvalue weighted by Crippen LogP contribution is 2.06. The second-order valence-corrected chi connectivity index (χ2v) is 6.70. The Hall–Kier alpha value is -0.470. The predicted octanol–water partition coefficient (Wildman–Crippen LogP) is 0.666. The lowest BCUT2D eigenvalue weighted by molar-refractivity contribution is 0.448. The van der Waals surface area contributed by atoms with Gasteiger partial charge in [0.05, 0.1) is 0 Å². The van der Waals surface area contributed by atoms with Gasteiger partial charge in [0.2, 0.25) is 0 Å². The summed E-state index contributed by atoms with van der Waals surface area (Å²) in [6, 6.07) is 2.01. The summed E-state index contributed by atoms with van der Waals surface area (Å²) >= 11 is 1.62. The third-order valence-corrected chi connectivity index (χ3v) is 4.89. The van der Waals surface area contributed by atoms with Crippen molar-refractivity contribution in [3.63, 3.8) is 0 Å². The Morgan fingerprint density at radius 1 is 1.39 bits per heavy atom. The van der Waals surface area contributed by atoms with Crippen molar-refractivity contribution in [1.82, 2.24) is 14.3 Å². The second-order valence-electron chi connectivity index (χ2n) is 4.06. The lowest BCUT2D eigenvalue weighted by Gasteiger charge is -2.17. The first-order valence-electron chi connectivity index (χ1n) is 5.93. The van der Waals surface area contributed by atoms with Crippen molar-refractivity contribution < 1.29 is 8.42 Å². The molecule has 1 heterocycles. The van der Waals surface area contributed by atoms with E-state index >= 15 is 0 Å². The van der Waals surface area contributed by atoms with E-state index in [1.54, 1.807) is 18.4 Å². The van der Waals surface area contributed by atoms with Gasteiger partial charge in [-0.15, -0.1) is 0 Å². The lowest BCUT2D eigenvalue weighted by Crippen LogP contribution is -2.40. The van der Waals surface area contributed by atoms with E-state index in [9.17, 15) is 8.42 Å². The molecule has 0 unspecified atom stereocenters. The molecule has 18 heavy (non-hydrogen) atoms. The molecule has 0 saturated carbocycles. The fraction of sp³-hybridized carbons (Fsp3) is 0.636. The minimum atomic E-state index is -3.34. The summed E-state index contributed by atoms with van der Waals surface area (Å²) in [4.78, 5) is 0. The van der Waals surface area contributed by atoms with Crippen LogP contribution in [0.5, 0.6) is 0 Å². The van der Waals surface area contributed by atoms with Gasteiger partial charge in [0.1, 0.15) is 0 Å². The molecular formula is C11H21N3O2S2. The third kappa shape index (κ3) is 5.45. The van der Waals surface area contributed by atoms with Crippen molar-refractivity contribution in [2.45, 2.75) is 12.8 Å². The van der Waals surface area contributed by atoms with Crippen molar-refractivity contribution in [2.24, 2.45) is 0 Å². The summed E-state index contributed by atoms with van der Waals surface area (Å²) in [6.07, 6.45) is 1.53. The van der Waals surface area contributed by atoms with Crippen LogP contribution in [-0.2, 0) is 16.6 Å². The fourth-order valence-electron chi connectivity index (χ4n) is 1.47. The summed E-state index contributed by atoms with van der Waals surface area (Å²) < 4.78 is 27.7. The second kappa shape index (κ2) is 7.85. The first-order chi connectivity index (χ1) is 8.56. The highest BCUT2D eigenvalue weighted by Gasteiger charge is 2.15. The molecular weight excluding hydrogens is 270 g/mol. The van der Waals surface area contributed by atoms with Gasteiger partial charge in [-0.2, -0.15) is 24.1 Å². The Morgan fingerprint density at radius 2 is 2.17 bits per heavy atom. The maximum atomic E-state index is 11.9. The minimum absolute atomic E-state index is 0.440. The Labute approximate surface area is 113 Å². The van der Waals surface area contributed by atoms with E-state index in [1.807, 2.05) is 23.9 Å². The molecule has 1 aromatic rings. The molecule has 0 saturated heterocycles.